The monoisotopic (exact) mass is 360 g/mol. The second-order valence-electron chi connectivity index (χ2n) is 5.60. The number of carbonyl (C=O) groups is 2. The minimum absolute atomic E-state index is 0.0587. The van der Waals surface area contributed by atoms with Crippen molar-refractivity contribution in [2.75, 3.05) is 12.9 Å². The number of hydrogen-bond acceptors (Lipinski definition) is 5. The number of ether oxygens (including phenoxy) is 1. The highest BCUT2D eigenvalue weighted by atomic mass is 32.2. The van der Waals surface area contributed by atoms with Crippen molar-refractivity contribution in [2.45, 2.75) is 24.7 Å². The molecular weight excluding hydrogens is 340 g/mol. The lowest BCUT2D eigenvalue weighted by Crippen LogP contribution is -2.17. The van der Waals surface area contributed by atoms with E-state index in [0.29, 0.717) is 12.2 Å². The third-order valence-electron chi connectivity index (χ3n) is 3.81. The van der Waals surface area contributed by atoms with Gasteiger partial charge >= 0.3 is 0 Å². The maximum atomic E-state index is 12.5. The lowest BCUT2D eigenvalue weighted by molar-refractivity contribution is -0.118. The molecule has 0 spiro atoms. The average molecular weight is 360 g/mol. The van der Waals surface area contributed by atoms with E-state index in [1.807, 2.05) is 0 Å². The summed E-state index contributed by atoms with van der Waals surface area (Å²) in [5, 5.41) is 0. The molecule has 0 bridgehead atoms. The number of sulfone groups is 1. The summed E-state index contributed by atoms with van der Waals surface area (Å²) in [5.74, 6) is -0.735. The van der Waals surface area contributed by atoms with Gasteiger partial charge in [0.15, 0.2) is 15.6 Å². The second-order valence-corrected chi connectivity index (χ2v) is 7.59. The first kappa shape index (κ1) is 18.9. The lowest BCUT2D eigenvalue weighted by atomic mass is 10.1. The minimum atomic E-state index is -3.77. The highest BCUT2D eigenvalue weighted by molar-refractivity contribution is 7.92. The molecule has 0 aliphatic heterocycles. The number of Topliss-reactive ketones (excluding diaryl/α,β-unsaturated/α-hetero) is 2. The Balaban J connectivity index is 2.18. The van der Waals surface area contributed by atoms with Crippen molar-refractivity contribution >= 4 is 21.4 Å². The van der Waals surface area contributed by atoms with E-state index in [-0.39, 0.29) is 22.7 Å². The molecule has 0 aliphatic rings. The van der Waals surface area contributed by atoms with Crippen LogP contribution in [-0.4, -0.2) is 32.8 Å². The fourth-order valence-corrected chi connectivity index (χ4v) is 3.59. The zero-order valence-electron chi connectivity index (χ0n) is 14.2. The molecule has 0 atom stereocenters. The van der Waals surface area contributed by atoms with Crippen LogP contribution in [0, 0.1) is 0 Å². The van der Waals surface area contributed by atoms with Gasteiger partial charge in [-0.25, -0.2) is 8.42 Å². The van der Waals surface area contributed by atoms with E-state index in [9.17, 15) is 18.0 Å². The molecule has 2 rings (SSSR count). The summed E-state index contributed by atoms with van der Waals surface area (Å²) in [6, 6.07) is 12.6. The topological polar surface area (TPSA) is 77.5 Å². The van der Waals surface area contributed by atoms with Gasteiger partial charge in [0.05, 0.1) is 17.6 Å². The van der Waals surface area contributed by atoms with Gasteiger partial charge in [-0.05, 0) is 29.8 Å². The lowest BCUT2D eigenvalue weighted by Gasteiger charge is -2.08. The molecular formula is C19H20O5S. The first-order valence-corrected chi connectivity index (χ1v) is 9.52. The van der Waals surface area contributed by atoms with Crippen LogP contribution in [-0.2, 0) is 21.1 Å². The third-order valence-corrected chi connectivity index (χ3v) is 5.44. The van der Waals surface area contributed by atoms with Gasteiger partial charge in [-0.15, -0.1) is 0 Å². The maximum absolute atomic E-state index is 12.5. The van der Waals surface area contributed by atoms with Gasteiger partial charge in [0.25, 0.3) is 0 Å². The molecule has 0 aromatic heterocycles. The van der Waals surface area contributed by atoms with Gasteiger partial charge < -0.3 is 4.74 Å². The summed E-state index contributed by atoms with van der Waals surface area (Å²) in [5.41, 5.74) is 0.987. The molecule has 0 fully saturated rings. The molecule has 2 aromatic rings. The SMILES string of the molecule is CCC(=O)Cc1ccc(S(=O)(=O)CC(=O)c2ccccc2OC)cc1. The van der Waals surface area contributed by atoms with Crippen molar-refractivity contribution in [2.24, 2.45) is 0 Å². The van der Waals surface area contributed by atoms with Crippen molar-refractivity contribution in [3.8, 4) is 5.75 Å². The zero-order chi connectivity index (χ0) is 18.4. The molecule has 0 heterocycles. The first-order chi connectivity index (χ1) is 11.9. The highest BCUT2D eigenvalue weighted by Crippen LogP contribution is 2.20. The van der Waals surface area contributed by atoms with Crippen LogP contribution in [0.1, 0.15) is 29.3 Å². The summed E-state index contributed by atoms with van der Waals surface area (Å²) in [6.45, 7) is 1.78. The number of para-hydroxylation sites is 1. The second kappa shape index (κ2) is 8.07. The summed E-state index contributed by atoms with van der Waals surface area (Å²) < 4.78 is 30.1. The van der Waals surface area contributed by atoms with Gasteiger partial charge in [0.2, 0.25) is 0 Å². The summed E-state index contributed by atoms with van der Waals surface area (Å²) in [6.07, 6.45) is 0.713. The van der Waals surface area contributed by atoms with E-state index in [1.54, 1.807) is 37.3 Å². The maximum Gasteiger partial charge on any atom is 0.185 e. The van der Waals surface area contributed by atoms with E-state index in [4.69, 9.17) is 4.74 Å². The van der Waals surface area contributed by atoms with Crippen LogP contribution in [0.15, 0.2) is 53.4 Å². The molecule has 0 unspecified atom stereocenters. The standard InChI is InChI=1S/C19H20O5S/c1-3-15(20)12-14-8-10-16(11-9-14)25(22,23)13-18(21)17-6-4-5-7-19(17)24-2/h4-11H,3,12-13H2,1-2H3. The molecule has 132 valence electrons. The van der Waals surface area contributed by atoms with E-state index < -0.39 is 21.4 Å². The quantitative estimate of drug-likeness (QED) is 0.677. The van der Waals surface area contributed by atoms with Gasteiger partial charge in [-0.2, -0.15) is 0 Å². The van der Waals surface area contributed by atoms with Crippen LogP contribution in [0.4, 0.5) is 0 Å². The molecule has 25 heavy (non-hydrogen) atoms. The normalized spacial score (nSPS) is 11.1. The first-order valence-electron chi connectivity index (χ1n) is 7.87. The number of benzene rings is 2. The van der Waals surface area contributed by atoms with Crippen LogP contribution in [0.5, 0.6) is 5.75 Å². The molecule has 0 amide bonds. The number of rotatable bonds is 8. The predicted octanol–water partition coefficient (Wildman–Crippen LogP) is 2.87. The molecule has 0 saturated carbocycles. The van der Waals surface area contributed by atoms with E-state index in [0.717, 1.165) is 5.56 Å². The van der Waals surface area contributed by atoms with Crippen molar-refractivity contribution in [3.63, 3.8) is 0 Å². The Morgan fingerprint density at radius 2 is 1.64 bits per heavy atom. The molecule has 2 aromatic carbocycles. The van der Waals surface area contributed by atoms with Crippen molar-refractivity contribution < 1.29 is 22.7 Å². The van der Waals surface area contributed by atoms with Gasteiger partial charge in [-0.1, -0.05) is 31.2 Å². The van der Waals surface area contributed by atoms with E-state index >= 15 is 0 Å². The molecule has 0 saturated heterocycles. The number of methoxy groups -OCH3 is 1. The Kier molecular flexibility index (Phi) is 6.09. The van der Waals surface area contributed by atoms with E-state index in [2.05, 4.69) is 0 Å². The molecule has 0 aliphatic carbocycles. The Morgan fingerprint density at radius 1 is 1.00 bits per heavy atom. The Labute approximate surface area is 147 Å². The van der Waals surface area contributed by atoms with Gasteiger partial charge in [-0.3, -0.25) is 9.59 Å². The number of ketones is 2. The molecule has 0 N–H and O–H groups in total. The van der Waals surface area contributed by atoms with Crippen LogP contribution in [0.2, 0.25) is 0 Å². The number of carbonyl (C=O) groups excluding carboxylic acids is 2. The molecule has 6 heteroatoms. The van der Waals surface area contributed by atoms with Crippen LogP contribution in [0.3, 0.4) is 0 Å². The van der Waals surface area contributed by atoms with Crippen molar-refractivity contribution in [3.05, 3.63) is 59.7 Å². The summed E-state index contributed by atoms with van der Waals surface area (Å²) in [4.78, 5) is 23.9. The Morgan fingerprint density at radius 3 is 2.24 bits per heavy atom. The van der Waals surface area contributed by atoms with Gasteiger partial charge in [0, 0.05) is 12.8 Å². The summed E-state index contributed by atoms with van der Waals surface area (Å²) >= 11 is 0. The fraction of sp³-hybridized carbons (Fsp3) is 0.263. The smallest absolute Gasteiger partial charge is 0.185 e. The number of hydrogen-bond donors (Lipinski definition) is 0. The van der Waals surface area contributed by atoms with Gasteiger partial charge in [0.1, 0.15) is 17.3 Å². The Bertz CT molecular complexity index is 867. The summed E-state index contributed by atoms with van der Waals surface area (Å²) in [7, 11) is -2.35. The van der Waals surface area contributed by atoms with Crippen molar-refractivity contribution in [1.29, 1.82) is 0 Å². The van der Waals surface area contributed by atoms with Crippen molar-refractivity contribution in [1.82, 2.24) is 0 Å². The van der Waals surface area contributed by atoms with Crippen LogP contribution < -0.4 is 4.74 Å². The predicted molar refractivity (Wildman–Crippen MR) is 94.8 cm³/mol. The highest BCUT2D eigenvalue weighted by Gasteiger charge is 2.22. The van der Waals surface area contributed by atoms with Crippen LogP contribution in [0.25, 0.3) is 0 Å². The third kappa shape index (κ3) is 4.76. The largest absolute Gasteiger partial charge is 0.496 e. The molecule has 5 nitrogen and oxygen atoms in total. The Hall–Kier alpha value is -2.47. The van der Waals surface area contributed by atoms with E-state index in [1.165, 1.54) is 25.3 Å². The minimum Gasteiger partial charge on any atom is -0.496 e. The molecule has 0 radical (unpaired) electrons. The zero-order valence-corrected chi connectivity index (χ0v) is 15.0. The van der Waals surface area contributed by atoms with Crippen LogP contribution >= 0.6 is 0 Å². The average Bonchev–Trinajstić information content (AvgIpc) is 2.61. The fourth-order valence-electron chi connectivity index (χ4n) is 2.38.